The van der Waals surface area contributed by atoms with Crippen molar-refractivity contribution in [3.8, 4) is 0 Å². The van der Waals surface area contributed by atoms with Gasteiger partial charge in [-0.2, -0.15) is 0 Å². The Balaban J connectivity index is 1.79. The van der Waals surface area contributed by atoms with Crippen molar-refractivity contribution in [1.82, 2.24) is 5.32 Å². The third-order valence-electron chi connectivity index (χ3n) is 2.67. The standard InChI is InChI=1S/C14H15FN2OS/c1-10-4-5-11(9-13(10)15)17-14(18)16-7-6-12-3-2-8-19-12/h2-5,8-9H,6-7H2,1H3,(H2,16,17,18). The molecule has 0 bridgehead atoms. The first kappa shape index (κ1) is 13.5. The van der Waals surface area contributed by atoms with Crippen LogP contribution in [0.2, 0.25) is 0 Å². The molecule has 0 radical (unpaired) electrons. The first-order chi connectivity index (χ1) is 9.15. The van der Waals surface area contributed by atoms with Gasteiger partial charge in [0.25, 0.3) is 0 Å². The van der Waals surface area contributed by atoms with E-state index in [4.69, 9.17) is 0 Å². The lowest BCUT2D eigenvalue weighted by Crippen LogP contribution is -2.30. The Kier molecular flexibility index (Phi) is 4.52. The smallest absolute Gasteiger partial charge is 0.319 e. The van der Waals surface area contributed by atoms with Crippen LogP contribution in [0.5, 0.6) is 0 Å². The maximum Gasteiger partial charge on any atom is 0.319 e. The molecule has 0 atom stereocenters. The second kappa shape index (κ2) is 6.33. The molecule has 5 heteroatoms. The minimum Gasteiger partial charge on any atom is -0.338 e. The molecule has 0 aliphatic heterocycles. The number of hydrogen-bond donors (Lipinski definition) is 2. The molecule has 0 unspecified atom stereocenters. The molecule has 2 rings (SSSR count). The highest BCUT2D eigenvalue weighted by Gasteiger charge is 2.04. The Morgan fingerprint density at radius 2 is 2.21 bits per heavy atom. The van der Waals surface area contributed by atoms with Gasteiger partial charge in [-0.25, -0.2) is 9.18 Å². The lowest BCUT2D eigenvalue weighted by molar-refractivity contribution is 0.252. The Morgan fingerprint density at radius 3 is 2.89 bits per heavy atom. The van der Waals surface area contributed by atoms with Gasteiger partial charge < -0.3 is 10.6 Å². The fraction of sp³-hybridized carbons (Fsp3) is 0.214. The summed E-state index contributed by atoms with van der Waals surface area (Å²) < 4.78 is 13.3. The van der Waals surface area contributed by atoms with Crippen LogP contribution in [0, 0.1) is 12.7 Å². The summed E-state index contributed by atoms with van der Waals surface area (Å²) in [5.74, 6) is -0.323. The Hall–Kier alpha value is -1.88. The lowest BCUT2D eigenvalue weighted by atomic mass is 10.2. The lowest BCUT2D eigenvalue weighted by Gasteiger charge is -2.07. The molecule has 0 aliphatic carbocycles. The van der Waals surface area contributed by atoms with Gasteiger partial charge in [0.2, 0.25) is 0 Å². The van der Waals surface area contributed by atoms with Crippen molar-refractivity contribution in [2.75, 3.05) is 11.9 Å². The number of urea groups is 1. The van der Waals surface area contributed by atoms with Gasteiger partial charge in [0.15, 0.2) is 0 Å². The zero-order chi connectivity index (χ0) is 13.7. The van der Waals surface area contributed by atoms with Gasteiger partial charge in [-0.3, -0.25) is 0 Å². The number of carbonyl (C=O) groups excluding carboxylic acids is 1. The molecule has 2 amide bonds. The second-order valence-electron chi connectivity index (χ2n) is 4.17. The van der Waals surface area contributed by atoms with Crippen LogP contribution in [0.3, 0.4) is 0 Å². The van der Waals surface area contributed by atoms with Gasteiger partial charge in [0, 0.05) is 17.1 Å². The molecular weight excluding hydrogens is 263 g/mol. The van der Waals surface area contributed by atoms with Crippen LogP contribution in [0.15, 0.2) is 35.7 Å². The van der Waals surface area contributed by atoms with E-state index in [9.17, 15) is 9.18 Å². The number of hydrogen-bond acceptors (Lipinski definition) is 2. The molecule has 1 heterocycles. The molecule has 100 valence electrons. The van der Waals surface area contributed by atoms with Crippen molar-refractivity contribution >= 4 is 23.1 Å². The minimum absolute atomic E-state index is 0.320. The first-order valence-electron chi connectivity index (χ1n) is 5.98. The van der Waals surface area contributed by atoms with E-state index < -0.39 is 0 Å². The van der Waals surface area contributed by atoms with Crippen LogP contribution in [-0.2, 0) is 6.42 Å². The van der Waals surface area contributed by atoms with Gasteiger partial charge in [-0.05, 0) is 42.5 Å². The summed E-state index contributed by atoms with van der Waals surface area (Å²) in [4.78, 5) is 12.8. The van der Waals surface area contributed by atoms with Crippen molar-refractivity contribution in [3.63, 3.8) is 0 Å². The number of nitrogens with one attached hydrogen (secondary N) is 2. The largest absolute Gasteiger partial charge is 0.338 e. The number of benzene rings is 1. The summed E-state index contributed by atoms with van der Waals surface area (Å²) in [6.07, 6.45) is 0.799. The van der Waals surface area contributed by atoms with E-state index in [0.717, 1.165) is 6.42 Å². The Labute approximate surface area is 115 Å². The maximum atomic E-state index is 13.3. The molecule has 0 saturated carbocycles. The maximum absolute atomic E-state index is 13.3. The number of amides is 2. The molecule has 0 saturated heterocycles. The molecule has 0 spiro atoms. The van der Waals surface area contributed by atoms with Crippen molar-refractivity contribution in [3.05, 3.63) is 52.0 Å². The van der Waals surface area contributed by atoms with Gasteiger partial charge in [-0.15, -0.1) is 11.3 Å². The molecule has 3 nitrogen and oxygen atoms in total. The van der Waals surface area contributed by atoms with Gasteiger partial charge in [0.1, 0.15) is 5.82 Å². The van der Waals surface area contributed by atoms with Crippen LogP contribution in [-0.4, -0.2) is 12.6 Å². The topological polar surface area (TPSA) is 41.1 Å². The molecule has 0 fully saturated rings. The Morgan fingerprint density at radius 1 is 1.37 bits per heavy atom. The van der Waals surface area contributed by atoms with E-state index in [1.807, 2.05) is 17.5 Å². The highest BCUT2D eigenvalue weighted by molar-refractivity contribution is 7.09. The average molecular weight is 278 g/mol. The van der Waals surface area contributed by atoms with Crippen LogP contribution in [0.1, 0.15) is 10.4 Å². The first-order valence-corrected chi connectivity index (χ1v) is 6.86. The molecule has 2 aromatic rings. The number of carbonyl (C=O) groups is 1. The number of rotatable bonds is 4. The van der Waals surface area contributed by atoms with Crippen molar-refractivity contribution in [2.45, 2.75) is 13.3 Å². The molecular formula is C14H15FN2OS. The third kappa shape index (κ3) is 4.06. The highest BCUT2D eigenvalue weighted by atomic mass is 32.1. The number of thiophene rings is 1. The van der Waals surface area contributed by atoms with Gasteiger partial charge in [0.05, 0.1) is 0 Å². The monoisotopic (exact) mass is 278 g/mol. The summed E-state index contributed by atoms with van der Waals surface area (Å²) in [6.45, 7) is 2.24. The predicted octanol–water partition coefficient (Wildman–Crippen LogP) is 3.56. The van der Waals surface area contributed by atoms with Crippen molar-refractivity contribution in [2.24, 2.45) is 0 Å². The summed E-state index contributed by atoms with van der Waals surface area (Å²) in [7, 11) is 0. The SMILES string of the molecule is Cc1ccc(NC(=O)NCCc2cccs2)cc1F. The number of anilines is 1. The van der Waals surface area contributed by atoms with Crippen molar-refractivity contribution in [1.29, 1.82) is 0 Å². The summed E-state index contributed by atoms with van der Waals surface area (Å²) in [5, 5.41) is 7.35. The number of aryl methyl sites for hydroxylation is 1. The van der Waals surface area contributed by atoms with E-state index in [2.05, 4.69) is 10.6 Å². The molecule has 1 aromatic carbocycles. The highest BCUT2D eigenvalue weighted by Crippen LogP contribution is 2.13. The minimum atomic E-state index is -0.323. The third-order valence-corrected chi connectivity index (χ3v) is 3.60. The summed E-state index contributed by atoms with van der Waals surface area (Å²) in [5.41, 5.74) is 1.01. The normalized spacial score (nSPS) is 10.2. The number of halogens is 1. The van der Waals surface area contributed by atoms with E-state index in [1.54, 1.807) is 30.4 Å². The van der Waals surface area contributed by atoms with E-state index >= 15 is 0 Å². The zero-order valence-electron chi connectivity index (χ0n) is 10.6. The van der Waals surface area contributed by atoms with Crippen LogP contribution in [0.25, 0.3) is 0 Å². The van der Waals surface area contributed by atoms with Crippen LogP contribution in [0.4, 0.5) is 14.9 Å². The fourth-order valence-electron chi connectivity index (χ4n) is 1.60. The van der Waals surface area contributed by atoms with Crippen molar-refractivity contribution < 1.29 is 9.18 Å². The fourth-order valence-corrected chi connectivity index (χ4v) is 2.31. The van der Waals surface area contributed by atoms with E-state index in [-0.39, 0.29) is 11.8 Å². The molecule has 2 N–H and O–H groups in total. The van der Waals surface area contributed by atoms with Gasteiger partial charge in [-0.1, -0.05) is 12.1 Å². The Bertz CT molecular complexity index is 555. The summed E-state index contributed by atoms with van der Waals surface area (Å²) in [6, 6.07) is 8.32. The zero-order valence-corrected chi connectivity index (χ0v) is 11.4. The second-order valence-corrected chi connectivity index (χ2v) is 5.21. The molecule has 1 aromatic heterocycles. The quantitative estimate of drug-likeness (QED) is 0.882. The average Bonchev–Trinajstić information content (AvgIpc) is 2.87. The van der Waals surface area contributed by atoms with Crippen LogP contribution >= 0.6 is 11.3 Å². The van der Waals surface area contributed by atoms with Crippen LogP contribution < -0.4 is 10.6 Å². The summed E-state index contributed by atoms with van der Waals surface area (Å²) >= 11 is 1.66. The molecule has 19 heavy (non-hydrogen) atoms. The van der Waals surface area contributed by atoms with E-state index in [1.165, 1.54) is 10.9 Å². The molecule has 0 aliphatic rings. The van der Waals surface area contributed by atoms with Gasteiger partial charge >= 0.3 is 6.03 Å². The predicted molar refractivity (Wildman–Crippen MR) is 76.2 cm³/mol. The van der Waals surface area contributed by atoms with E-state index in [0.29, 0.717) is 17.8 Å².